The van der Waals surface area contributed by atoms with Crippen LogP contribution in [0.3, 0.4) is 0 Å². The molecule has 2 rings (SSSR count). The molecule has 0 aromatic heterocycles. The Balaban J connectivity index is 2.11. The van der Waals surface area contributed by atoms with Gasteiger partial charge in [0.25, 0.3) is 0 Å². The second-order valence-corrected chi connectivity index (χ2v) is 6.38. The standard InChI is InChI=1S/C11H14N2O4S/c12-11(13-14)8-2-1-3-9(6-8)17-10-4-5-18(15,16)7-10/h1-3,6,10,14H,4-5,7H2,(H2,12,13). The Kier molecular flexibility index (Phi) is 3.42. The first kappa shape index (κ1) is 12.7. The molecule has 1 saturated heterocycles. The molecule has 0 bridgehead atoms. The van der Waals surface area contributed by atoms with Gasteiger partial charge in [-0.3, -0.25) is 0 Å². The Bertz CT molecular complexity index is 568. The van der Waals surface area contributed by atoms with Crippen molar-refractivity contribution in [2.45, 2.75) is 12.5 Å². The molecule has 1 atom stereocenters. The fourth-order valence-electron chi connectivity index (χ4n) is 1.83. The van der Waals surface area contributed by atoms with Crippen LogP contribution in [0.4, 0.5) is 0 Å². The summed E-state index contributed by atoms with van der Waals surface area (Å²) < 4.78 is 28.2. The van der Waals surface area contributed by atoms with E-state index in [1.165, 1.54) is 0 Å². The van der Waals surface area contributed by atoms with Gasteiger partial charge in [0.15, 0.2) is 15.7 Å². The minimum absolute atomic E-state index is 0.0144. The van der Waals surface area contributed by atoms with Gasteiger partial charge in [0.05, 0.1) is 11.5 Å². The lowest BCUT2D eigenvalue weighted by atomic mass is 10.2. The molecule has 1 aliphatic heterocycles. The number of hydrogen-bond donors (Lipinski definition) is 2. The van der Waals surface area contributed by atoms with Gasteiger partial charge in [-0.15, -0.1) is 0 Å². The summed E-state index contributed by atoms with van der Waals surface area (Å²) in [5, 5.41) is 11.5. The molecular weight excluding hydrogens is 256 g/mol. The molecule has 1 aromatic carbocycles. The quantitative estimate of drug-likeness (QED) is 0.357. The minimum Gasteiger partial charge on any atom is -0.489 e. The highest BCUT2D eigenvalue weighted by atomic mass is 32.2. The molecule has 1 heterocycles. The van der Waals surface area contributed by atoms with Gasteiger partial charge in [0.2, 0.25) is 0 Å². The zero-order valence-corrected chi connectivity index (χ0v) is 10.4. The van der Waals surface area contributed by atoms with Gasteiger partial charge in [-0.1, -0.05) is 17.3 Å². The lowest BCUT2D eigenvalue weighted by Gasteiger charge is -2.12. The normalized spacial score (nSPS) is 22.9. The maximum absolute atomic E-state index is 11.3. The molecule has 7 heteroatoms. The number of nitrogens with zero attached hydrogens (tertiary/aromatic N) is 1. The van der Waals surface area contributed by atoms with E-state index in [1.54, 1.807) is 24.3 Å². The van der Waals surface area contributed by atoms with Crippen LogP contribution >= 0.6 is 0 Å². The molecule has 1 aliphatic rings. The van der Waals surface area contributed by atoms with Gasteiger partial charge in [0, 0.05) is 5.56 Å². The van der Waals surface area contributed by atoms with E-state index >= 15 is 0 Å². The highest BCUT2D eigenvalue weighted by Gasteiger charge is 2.29. The fraction of sp³-hybridized carbons (Fsp3) is 0.364. The molecule has 18 heavy (non-hydrogen) atoms. The second-order valence-electron chi connectivity index (χ2n) is 4.16. The predicted octanol–water partition coefficient (Wildman–Crippen LogP) is 0.347. The predicted molar refractivity (Wildman–Crippen MR) is 66.6 cm³/mol. The molecule has 0 aliphatic carbocycles. The van der Waals surface area contributed by atoms with Gasteiger partial charge >= 0.3 is 0 Å². The average Bonchev–Trinajstić information content (AvgIpc) is 2.68. The molecular formula is C11H14N2O4S. The first-order valence-electron chi connectivity index (χ1n) is 5.45. The molecule has 6 nitrogen and oxygen atoms in total. The van der Waals surface area contributed by atoms with E-state index in [0.29, 0.717) is 17.7 Å². The molecule has 98 valence electrons. The third-order valence-corrected chi connectivity index (χ3v) is 4.47. The third kappa shape index (κ3) is 2.92. The smallest absolute Gasteiger partial charge is 0.170 e. The molecule has 0 radical (unpaired) electrons. The first-order valence-corrected chi connectivity index (χ1v) is 7.27. The Morgan fingerprint density at radius 2 is 2.28 bits per heavy atom. The minimum atomic E-state index is -2.96. The van der Waals surface area contributed by atoms with Gasteiger partial charge in [-0.25, -0.2) is 8.42 Å². The SMILES string of the molecule is N/C(=N\O)c1cccc(OC2CCS(=O)(=O)C2)c1. The molecule has 1 fully saturated rings. The summed E-state index contributed by atoms with van der Waals surface area (Å²) in [7, 11) is -2.96. The second kappa shape index (κ2) is 4.85. The summed E-state index contributed by atoms with van der Waals surface area (Å²) >= 11 is 0. The summed E-state index contributed by atoms with van der Waals surface area (Å²) in [6.07, 6.45) is 0.174. The van der Waals surface area contributed by atoms with E-state index in [4.69, 9.17) is 15.7 Å². The van der Waals surface area contributed by atoms with Crippen molar-refractivity contribution in [3.8, 4) is 5.75 Å². The Morgan fingerprint density at radius 1 is 1.50 bits per heavy atom. The Morgan fingerprint density at radius 3 is 2.89 bits per heavy atom. The molecule has 0 saturated carbocycles. The third-order valence-electron chi connectivity index (χ3n) is 2.73. The zero-order chi connectivity index (χ0) is 13.2. The summed E-state index contributed by atoms with van der Waals surface area (Å²) in [5.74, 6) is 0.707. The van der Waals surface area contributed by atoms with Crippen LogP contribution in [0.1, 0.15) is 12.0 Å². The van der Waals surface area contributed by atoms with E-state index in [0.717, 1.165) is 0 Å². The van der Waals surface area contributed by atoms with Crippen molar-refractivity contribution in [1.82, 2.24) is 0 Å². The maximum atomic E-state index is 11.3. The maximum Gasteiger partial charge on any atom is 0.170 e. The van der Waals surface area contributed by atoms with Crippen LogP contribution in [0.15, 0.2) is 29.4 Å². The summed E-state index contributed by atoms with van der Waals surface area (Å²) in [5.41, 5.74) is 5.99. The van der Waals surface area contributed by atoms with Crippen LogP contribution in [0.5, 0.6) is 5.75 Å². The van der Waals surface area contributed by atoms with Crippen LogP contribution < -0.4 is 10.5 Å². The summed E-state index contributed by atoms with van der Waals surface area (Å²) in [6, 6.07) is 6.69. The van der Waals surface area contributed by atoms with Crippen LogP contribution in [0.25, 0.3) is 0 Å². The largest absolute Gasteiger partial charge is 0.489 e. The highest BCUT2D eigenvalue weighted by molar-refractivity contribution is 7.91. The van der Waals surface area contributed by atoms with Crippen LogP contribution in [0.2, 0.25) is 0 Å². The first-order chi connectivity index (χ1) is 8.50. The number of rotatable bonds is 3. The molecule has 1 unspecified atom stereocenters. The monoisotopic (exact) mass is 270 g/mol. The average molecular weight is 270 g/mol. The number of ether oxygens (including phenoxy) is 1. The van der Waals surface area contributed by atoms with Gasteiger partial charge < -0.3 is 15.7 Å². The van der Waals surface area contributed by atoms with Gasteiger partial charge in [0.1, 0.15) is 11.9 Å². The van der Waals surface area contributed by atoms with E-state index in [-0.39, 0.29) is 23.4 Å². The van der Waals surface area contributed by atoms with Crippen molar-refractivity contribution >= 4 is 15.7 Å². The van der Waals surface area contributed by atoms with E-state index in [1.807, 2.05) is 0 Å². The molecule has 0 spiro atoms. The number of oxime groups is 1. The number of benzene rings is 1. The van der Waals surface area contributed by atoms with Crippen LogP contribution in [-0.4, -0.2) is 37.1 Å². The van der Waals surface area contributed by atoms with E-state index < -0.39 is 9.84 Å². The van der Waals surface area contributed by atoms with Crippen molar-refractivity contribution in [3.05, 3.63) is 29.8 Å². The van der Waals surface area contributed by atoms with Gasteiger partial charge in [-0.05, 0) is 18.6 Å². The van der Waals surface area contributed by atoms with Crippen molar-refractivity contribution in [3.63, 3.8) is 0 Å². The summed E-state index contributed by atoms with van der Waals surface area (Å²) in [6.45, 7) is 0. The number of sulfone groups is 1. The van der Waals surface area contributed by atoms with Crippen molar-refractivity contribution in [2.75, 3.05) is 11.5 Å². The lowest BCUT2D eigenvalue weighted by Crippen LogP contribution is -2.18. The van der Waals surface area contributed by atoms with Crippen molar-refractivity contribution in [1.29, 1.82) is 0 Å². The molecule has 1 aromatic rings. The molecule has 0 amide bonds. The van der Waals surface area contributed by atoms with E-state index in [2.05, 4.69) is 5.16 Å². The summed E-state index contributed by atoms with van der Waals surface area (Å²) in [4.78, 5) is 0. The van der Waals surface area contributed by atoms with Crippen molar-refractivity contribution < 1.29 is 18.4 Å². The highest BCUT2D eigenvalue weighted by Crippen LogP contribution is 2.20. The van der Waals surface area contributed by atoms with E-state index in [9.17, 15) is 8.42 Å². The topological polar surface area (TPSA) is 102 Å². The fourth-order valence-corrected chi connectivity index (χ4v) is 3.42. The zero-order valence-electron chi connectivity index (χ0n) is 9.61. The van der Waals surface area contributed by atoms with Crippen LogP contribution in [0, 0.1) is 0 Å². The number of amidine groups is 1. The number of hydrogen-bond acceptors (Lipinski definition) is 5. The Labute approximate surface area is 105 Å². The van der Waals surface area contributed by atoms with Crippen molar-refractivity contribution in [2.24, 2.45) is 10.9 Å². The Hall–Kier alpha value is -1.76. The number of nitrogens with two attached hydrogens (primary N) is 1. The van der Waals surface area contributed by atoms with Crippen LogP contribution in [-0.2, 0) is 9.84 Å². The lowest BCUT2D eigenvalue weighted by molar-refractivity contribution is 0.229. The van der Waals surface area contributed by atoms with Gasteiger partial charge in [-0.2, -0.15) is 0 Å². The molecule has 3 N–H and O–H groups in total.